The molecule has 0 aliphatic heterocycles. The van der Waals surface area contributed by atoms with Gasteiger partial charge >= 0.3 is 5.97 Å². The minimum absolute atomic E-state index is 0.398. The Morgan fingerprint density at radius 2 is 1.95 bits per heavy atom. The Balaban J connectivity index is 2.35. The first-order chi connectivity index (χ1) is 9.40. The monoisotopic (exact) mass is 400 g/mol. The normalized spacial score (nSPS) is 12.4. The summed E-state index contributed by atoms with van der Waals surface area (Å²) in [5.74, 6) is -1.42. The summed E-state index contributed by atoms with van der Waals surface area (Å²) in [7, 11) is 1.83. The van der Waals surface area contributed by atoms with E-state index in [0.29, 0.717) is 6.42 Å². The maximum absolute atomic E-state index is 11.6. The quantitative estimate of drug-likeness (QED) is 0.850. The highest BCUT2D eigenvalue weighted by Crippen LogP contribution is 2.28. The smallest absolute Gasteiger partial charge is 0.311 e. The zero-order valence-electron chi connectivity index (χ0n) is 11.1. The highest BCUT2D eigenvalue weighted by atomic mass is 79.9. The number of hydrogen-bond donors (Lipinski definition) is 1. The Bertz CT molecular complexity index is 635. The molecule has 1 heterocycles. The molecule has 0 spiro atoms. The van der Waals surface area contributed by atoms with Crippen molar-refractivity contribution in [1.82, 2.24) is 9.78 Å². The minimum atomic E-state index is -0.835. The third kappa shape index (κ3) is 3.12. The number of aryl methyl sites for hydroxylation is 2. The molecule has 1 N–H and O–H groups in total. The van der Waals surface area contributed by atoms with E-state index in [9.17, 15) is 9.90 Å². The van der Waals surface area contributed by atoms with Crippen LogP contribution in [0.1, 0.15) is 22.9 Å². The van der Waals surface area contributed by atoms with Crippen molar-refractivity contribution in [2.24, 2.45) is 7.05 Å². The number of aromatic nitrogens is 2. The van der Waals surface area contributed by atoms with Crippen LogP contribution in [0.3, 0.4) is 0 Å². The van der Waals surface area contributed by atoms with Gasteiger partial charge in [-0.2, -0.15) is 5.10 Å². The lowest BCUT2D eigenvalue weighted by atomic mass is 9.94. The standard InChI is InChI=1S/C14H14Br2N2O2/c1-8-13(16)12(18(2)17-8)7-11(14(19)20)9-3-5-10(15)6-4-9/h3-6,11H,7H2,1-2H3,(H,19,20). The molecule has 0 saturated heterocycles. The molecule has 1 aromatic carbocycles. The molecule has 0 bridgehead atoms. The van der Waals surface area contributed by atoms with Gasteiger partial charge in [-0.25, -0.2) is 0 Å². The first-order valence-corrected chi connectivity index (χ1v) is 7.65. The highest BCUT2D eigenvalue weighted by Gasteiger charge is 2.24. The number of rotatable bonds is 4. The summed E-state index contributed by atoms with van der Waals surface area (Å²) in [6.45, 7) is 1.89. The summed E-state index contributed by atoms with van der Waals surface area (Å²) < 4.78 is 3.54. The zero-order valence-corrected chi connectivity index (χ0v) is 14.3. The molecule has 0 aliphatic carbocycles. The molecular formula is C14H14Br2N2O2. The second-order valence-electron chi connectivity index (χ2n) is 4.62. The number of hydrogen-bond acceptors (Lipinski definition) is 2. The molecule has 0 fully saturated rings. The molecule has 0 saturated carbocycles. The van der Waals surface area contributed by atoms with Crippen LogP contribution in [0, 0.1) is 6.92 Å². The van der Waals surface area contributed by atoms with E-state index in [1.54, 1.807) is 4.68 Å². The number of carboxylic acid groups (broad SMARTS) is 1. The molecule has 1 aromatic heterocycles. The number of nitrogens with zero attached hydrogens (tertiary/aromatic N) is 2. The van der Waals surface area contributed by atoms with Gasteiger partial charge in [0.2, 0.25) is 0 Å². The Morgan fingerprint density at radius 3 is 2.40 bits per heavy atom. The van der Waals surface area contributed by atoms with Crippen molar-refractivity contribution >= 4 is 37.8 Å². The lowest BCUT2D eigenvalue weighted by Crippen LogP contribution is -2.16. The molecule has 0 aliphatic rings. The van der Waals surface area contributed by atoms with Crippen molar-refractivity contribution in [3.8, 4) is 0 Å². The van der Waals surface area contributed by atoms with Crippen LogP contribution in [0.5, 0.6) is 0 Å². The summed E-state index contributed by atoms with van der Waals surface area (Å²) >= 11 is 6.83. The van der Waals surface area contributed by atoms with Gasteiger partial charge in [-0.1, -0.05) is 28.1 Å². The van der Waals surface area contributed by atoms with Gasteiger partial charge < -0.3 is 5.11 Å². The number of carboxylic acids is 1. The third-order valence-corrected chi connectivity index (χ3v) is 4.79. The summed E-state index contributed by atoms with van der Waals surface area (Å²) in [5, 5.41) is 13.8. The fourth-order valence-electron chi connectivity index (χ4n) is 2.14. The Hall–Kier alpha value is -1.14. The van der Waals surface area contributed by atoms with Gasteiger partial charge in [-0.3, -0.25) is 9.48 Å². The van der Waals surface area contributed by atoms with Crippen LogP contribution in [-0.4, -0.2) is 20.9 Å². The summed E-state index contributed by atoms with van der Waals surface area (Å²) in [5.41, 5.74) is 2.53. The first-order valence-electron chi connectivity index (χ1n) is 6.06. The van der Waals surface area contributed by atoms with E-state index in [2.05, 4.69) is 37.0 Å². The van der Waals surface area contributed by atoms with E-state index in [-0.39, 0.29) is 0 Å². The van der Waals surface area contributed by atoms with Gasteiger partial charge in [-0.15, -0.1) is 0 Å². The number of aliphatic carboxylic acids is 1. The zero-order chi connectivity index (χ0) is 14.9. The second kappa shape index (κ2) is 6.10. The molecule has 2 aromatic rings. The third-order valence-electron chi connectivity index (χ3n) is 3.23. The molecule has 1 unspecified atom stereocenters. The largest absolute Gasteiger partial charge is 0.481 e. The molecule has 2 rings (SSSR count). The van der Waals surface area contributed by atoms with Crippen LogP contribution in [-0.2, 0) is 18.3 Å². The van der Waals surface area contributed by atoms with E-state index >= 15 is 0 Å². The molecule has 4 nitrogen and oxygen atoms in total. The molecule has 6 heteroatoms. The van der Waals surface area contributed by atoms with Crippen molar-refractivity contribution < 1.29 is 9.90 Å². The maximum Gasteiger partial charge on any atom is 0.311 e. The Kier molecular flexibility index (Phi) is 4.65. The lowest BCUT2D eigenvalue weighted by Gasteiger charge is -2.13. The van der Waals surface area contributed by atoms with Gasteiger partial charge in [0.25, 0.3) is 0 Å². The average Bonchev–Trinajstić information content (AvgIpc) is 2.62. The Morgan fingerprint density at radius 1 is 1.35 bits per heavy atom. The van der Waals surface area contributed by atoms with Crippen LogP contribution in [0.2, 0.25) is 0 Å². The lowest BCUT2D eigenvalue weighted by molar-refractivity contribution is -0.138. The molecule has 20 heavy (non-hydrogen) atoms. The van der Waals surface area contributed by atoms with Gasteiger partial charge in [0.15, 0.2) is 0 Å². The average molecular weight is 402 g/mol. The van der Waals surface area contributed by atoms with Crippen molar-refractivity contribution in [1.29, 1.82) is 0 Å². The summed E-state index contributed by atoms with van der Waals surface area (Å²) in [4.78, 5) is 11.6. The Labute approximate surface area is 134 Å². The number of halogens is 2. The van der Waals surface area contributed by atoms with Crippen LogP contribution >= 0.6 is 31.9 Å². The summed E-state index contributed by atoms with van der Waals surface area (Å²) in [6.07, 6.45) is 0.398. The number of benzene rings is 1. The van der Waals surface area contributed by atoms with E-state index in [4.69, 9.17) is 0 Å². The van der Waals surface area contributed by atoms with E-state index in [1.807, 2.05) is 38.2 Å². The van der Waals surface area contributed by atoms with Crippen molar-refractivity contribution in [2.45, 2.75) is 19.3 Å². The molecule has 106 valence electrons. The van der Waals surface area contributed by atoms with E-state index in [1.165, 1.54) is 0 Å². The van der Waals surface area contributed by atoms with E-state index < -0.39 is 11.9 Å². The molecule has 0 radical (unpaired) electrons. The predicted octanol–water partition coefficient (Wildman–Crippen LogP) is 3.66. The maximum atomic E-state index is 11.6. The van der Waals surface area contributed by atoms with Crippen molar-refractivity contribution in [3.63, 3.8) is 0 Å². The SMILES string of the molecule is Cc1nn(C)c(CC(C(=O)O)c2ccc(Br)cc2)c1Br. The van der Waals surface area contributed by atoms with Crippen molar-refractivity contribution in [3.05, 3.63) is 50.2 Å². The van der Waals surface area contributed by atoms with Gasteiger partial charge in [0.05, 0.1) is 21.8 Å². The van der Waals surface area contributed by atoms with E-state index in [0.717, 1.165) is 25.9 Å². The minimum Gasteiger partial charge on any atom is -0.481 e. The fraction of sp³-hybridized carbons (Fsp3) is 0.286. The molecule has 1 atom stereocenters. The number of carbonyl (C=O) groups is 1. The van der Waals surface area contributed by atoms with Crippen molar-refractivity contribution in [2.75, 3.05) is 0 Å². The summed E-state index contributed by atoms with van der Waals surface area (Å²) in [6, 6.07) is 7.38. The second-order valence-corrected chi connectivity index (χ2v) is 6.32. The van der Waals surface area contributed by atoms with Crippen LogP contribution in [0.4, 0.5) is 0 Å². The van der Waals surface area contributed by atoms with Crippen LogP contribution in [0.25, 0.3) is 0 Å². The first kappa shape index (κ1) is 15.3. The fourth-order valence-corrected chi connectivity index (χ4v) is 2.90. The van der Waals surface area contributed by atoms with Gasteiger partial charge in [0.1, 0.15) is 0 Å². The topological polar surface area (TPSA) is 55.1 Å². The highest BCUT2D eigenvalue weighted by molar-refractivity contribution is 9.10. The predicted molar refractivity (Wildman–Crippen MR) is 83.9 cm³/mol. The molecule has 0 amide bonds. The van der Waals surface area contributed by atoms with Gasteiger partial charge in [-0.05, 0) is 40.5 Å². The molecular weight excluding hydrogens is 388 g/mol. The van der Waals surface area contributed by atoms with Crippen LogP contribution < -0.4 is 0 Å². The van der Waals surface area contributed by atoms with Crippen LogP contribution in [0.15, 0.2) is 33.2 Å². The van der Waals surface area contributed by atoms with Gasteiger partial charge in [0, 0.05) is 17.9 Å².